The van der Waals surface area contributed by atoms with Gasteiger partial charge in [0.2, 0.25) is 0 Å². The van der Waals surface area contributed by atoms with Crippen LogP contribution in [0.4, 0.5) is 5.69 Å². The number of hydrogen-bond donors (Lipinski definition) is 0. The first-order chi connectivity index (χ1) is 14.7. The second-order valence-electron chi connectivity index (χ2n) is 7.51. The molecular formula is C24H26N2O4S. The number of hydrogen-bond acceptors (Lipinski definition) is 6. The lowest BCUT2D eigenvalue weighted by molar-refractivity contribution is -0.121. The van der Waals surface area contributed by atoms with Gasteiger partial charge in [-0.1, -0.05) is 13.8 Å². The number of nitrogens with zero attached hydrogens (tertiary/aromatic N) is 2. The van der Waals surface area contributed by atoms with E-state index in [0.717, 1.165) is 22.4 Å². The van der Waals surface area contributed by atoms with Crippen LogP contribution >= 0.6 is 11.8 Å². The van der Waals surface area contributed by atoms with E-state index in [0.29, 0.717) is 27.2 Å². The predicted octanol–water partition coefficient (Wildman–Crippen LogP) is 5.15. The molecule has 1 amide bonds. The molecule has 0 saturated carbocycles. The van der Waals surface area contributed by atoms with Crippen molar-refractivity contribution in [3.8, 4) is 5.75 Å². The predicted molar refractivity (Wildman–Crippen MR) is 125 cm³/mol. The Kier molecular flexibility index (Phi) is 6.85. The summed E-state index contributed by atoms with van der Waals surface area (Å²) < 4.78 is 10.2. The molecule has 0 aliphatic carbocycles. The number of benzene rings is 2. The number of methoxy groups -OCH3 is 2. The number of rotatable bonds is 5. The highest BCUT2D eigenvalue weighted by atomic mass is 32.2. The summed E-state index contributed by atoms with van der Waals surface area (Å²) in [6.07, 6.45) is 1.91. The summed E-state index contributed by atoms with van der Waals surface area (Å²) in [6, 6.07) is 10.8. The summed E-state index contributed by atoms with van der Waals surface area (Å²) in [7, 11) is 4.72. The molecule has 1 saturated heterocycles. The second kappa shape index (κ2) is 9.39. The molecular weight excluding hydrogens is 412 g/mol. The maximum absolute atomic E-state index is 12.8. The van der Waals surface area contributed by atoms with Crippen molar-refractivity contribution >= 4 is 40.6 Å². The van der Waals surface area contributed by atoms with Crippen molar-refractivity contribution in [2.24, 2.45) is 4.99 Å². The molecule has 0 unspecified atom stereocenters. The maximum Gasteiger partial charge on any atom is 0.337 e. The van der Waals surface area contributed by atoms with Gasteiger partial charge in [-0.25, -0.2) is 9.79 Å². The van der Waals surface area contributed by atoms with Gasteiger partial charge in [-0.05, 0) is 83.8 Å². The number of aryl methyl sites for hydroxylation is 1. The maximum atomic E-state index is 12.8. The lowest BCUT2D eigenvalue weighted by Gasteiger charge is -2.14. The Morgan fingerprint density at radius 1 is 1.16 bits per heavy atom. The van der Waals surface area contributed by atoms with Gasteiger partial charge in [0.15, 0.2) is 5.17 Å². The lowest BCUT2D eigenvalue weighted by atomic mass is 9.96. The van der Waals surface area contributed by atoms with Gasteiger partial charge in [-0.3, -0.25) is 9.69 Å². The quantitative estimate of drug-likeness (QED) is 0.477. The van der Waals surface area contributed by atoms with Crippen LogP contribution in [0.1, 0.15) is 46.8 Å². The van der Waals surface area contributed by atoms with Crippen molar-refractivity contribution in [2.45, 2.75) is 26.7 Å². The molecule has 0 bridgehead atoms. The normalized spacial score (nSPS) is 16.5. The van der Waals surface area contributed by atoms with Crippen LogP contribution in [-0.2, 0) is 9.53 Å². The summed E-state index contributed by atoms with van der Waals surface area (Å²) >= 11 is 1.33. The molecule has 31 heavy (non-hydrogen) atoms. The van der Waals surface area contributed by atoms with E-state index in [9.17, 15) is 9.59 Å². The number of aliphatic imine (C=N–C) groups is 1. The average Bonchev–Trinajstić information content (AvgIpc) is 3.02. The molecule has 162 valence electrons. The molecule has 2 aromatic rings. The van der Waals surface area contributed by atoms with Crippen molar-refractivity contribution in [1.29, 1.82) is 0 Å². The third-order valence-electron chi connectivity index (χ3n) is 5.04. The van der Waals surface area contributed by atoms with Crippen molar-refractivity contribution in [3.05, 3.63) is 63.6 Å². The van der Waals surface area contributed by atoms with Gasteiger partial charge in [-0.2, -0.15) is 0 Å². The number of thioether (sulfide) groups is 1. The van der Waals surface area contributed by atoms with E-state index < -0.39 is 5.97 Å². The first-order valence-corrected chi connectivity index (χ1v) is 10.7. The minimum atomic E-state index is -0.400. The van der Waals surface area contributed by atoms with Crippen LogP contribution in [0, 0.1) is 6.92 Å². The van der Waals surface area contributed by atoms with Gasteiger partial charge in [0, 0.05) is 7.05 Å². The fraction of sp³-hybridized carbons (Fsp3) is 0.292. The van der Waals surface area contributed by atoms with E-state index in [4.69, 9.17) is 9.47 Å². The third kappa shape index (κ3) is 4.82. The number of likely N-dealkylation sites (N-methyl/N-ethyl adjacent to an activating group) is 1. The molecule has 1 fully saturated rings. The molecule has 1 aliphatic heterocycles. The summed E-state index contributed by atoms with van der Waals surface area (Å²) in [5.41, 5.74) is 4.22. The highest BCUT2D eigenvalue weighted by Crippen LogP contribution is 2.36. The first kappa shape index (κ1) is 22.6. The lowest BCUT2D eigenvalue weighted by Crippen LogP contribution is -2.23. The zero-order chi connectivity index (χ0) is 22.7. The van der Waals surface area contributed by atoms with E-state index in [-0.39, 0.29) is 5.91 Å². The number of ether oxygens (including phenoxy) is 2. The molecule has 2 aromatic carbocycles. The molecule has 0 N–H and O–H groups in total. The SMILES string of the molecule is COC(=O)c1ccc(N=C2S/C(=C\c3cc(C(C)C)c(OC)cc3C)C(=O)N2C)cc1. The molecule has 3 rings (SSSR count). The Hall–Kier alpha value is -3.06. The Labute approximate surface area is 187 Å². The fourth-order valence-corrected chi connectivity index (χ4v) is 4.17. The number of amidine groups is 1. The number of carbonyl (C=O) groups is 2. The highest BCUT2D eigenvalue weighted by Gasteiger charge is 2.30. The summed E-state index contributed by atoms with van der Waals surface area (Å²) in [5, 5.41) is 0.581. The molecule has 0 spiro atoms. The molecule has 1 aliphatic rings. The van der Waals surface area contributed by atoms with E-state index in [1.54, 1.807) is 38.4 Å². The molecule has 0 atom stereocenters. The minimum Gasteiger partial charge on any atom is -0.496 e. The Bertz CT molecular complexity index is 1070. The van der Waals surface area contributed by atoms with Crippen LogP contribution in [0.15, 0.2) is 46.3 Å². The van der Waals surface area contributed by atoms with E-state index >= 15 is 0 Å². The van der Waals surface area contributed by atoms with E-state index in [1.807, 2.05) is 19.1 Å². The van der Waals surface area contributed by atoms with E-state index in [1.165, 1.54) is 23.8 Å². The molecule has 7 heteroatoms. The summed E-state index contributed by atoms with van der Waals surface area (Å²) in [4.78, 5) is 31.1. The third-order valence-corrected chi connectivity index (χ3v) is 6.10. The van der Waals surface area contributed by atoms with Gasteiger partial charge in [0.1, 0.15) is 5.75 Å². The van der Waals surface area contributed by atoms with Crippen LogP contribution in [0.2, 0.25) is 0 Å². The van der Waals surface area contributed by atoms with Gasteiger partial charge in [-0.15, -0.1) is 0 Å². The molecule has 0 radical (unpaired) electrons. The molecule has 1 heterocycles. The minimum absolute atomic E-state index is 0.101. The Morgan fingerprint density at radius 3 is 2.42 bits per heavy atom. The number of amides is 1. The Balaban J connectivity index is 1.91. The first-order valence-electron chi connectivity index (χ1n) is 9.88. The van der Waals surface area contributed by atoms with Crippen LogP contribution in [0.3, 0.4) is 0 Å². The van der Waals surface area contributed by atoms with Crippen LogP contribution in [-0.4, -0.2) is 43.2 Å². The van der Waals surface area contributed by atoms with Gasteiger partial charge in [0.25, 0.3) is 5.91 Å². The van der Waals surface area contributed by atoms with Gasteiger partial charge in [0.05, 0.1) is 30.4 Å². The van der Waals surface area contributed by atoms with Crippen molar-refractivity contribution in [1.82, 2.24) is 4.90 Å². The zero-order valence-electron chi connectivity index (χ0n) is 18.6. The van der Waals surface area contributed by atoms with Crippen molar-refractivity contribution in [3.63, 3.8) is 0 Å². The summed E-state index contributed by atoms with van der Waals surface area (Å²) in [5.74, 6) is 0.654. The molecule has 0 aromatic heterocycles. The number of carbonyl (C=O) groups excluding carboxylic acids is 2. The summed E-state index contributed by atoms with van der Waals surface area (Å²) in [6.45, 7) is 6.23. The van der Waals surface area contributed by atoms with Crippen molar-refractivity contribution in [2.75, 3.05) is 21.3 Å². The van der Waals surface area contributed by atoms with Crippen molar-refractivity contribution < 1.29 is 19.1 Å². The average molecular weight is 439 g/mol. The monoisotopic (exact) mass is 438 g/mol. The topological polar surface area (TPSA) is 68.2 Å². The van der Waals surface area contributed by atoms with Crippen LogP contribution < -0.4 is 4.74 Å². The largest absolute Gasteiger partial charge is 0.496 e. The van der Waals surface area contributed by atoms with Gasteiger partial charge >= 0.3 is 5.97 Å². The second-order valence-corrected chi connectivity index (χ2v) is 8.52. The highest BCUT2D eigenvalue weighted by molar-refractivity contribution is 8.18. The van der Waals surface area contributed by atoms with Gasteiger partial charge < -0.3 is 9.47 Å². The Morgan fingerprint density at radius 2 is 1.84 bits per heavy atom. The van der Waals surface area contributed by atoms with Crippen LogP contribution in [0.5, 0.6) is 5.75 Å². The number of esters is 1. The standard InChI is InChI=1S/C24H26N2O4S/c1-14(2)19-12-17(15(3)11-20(19)29-5)13-21-22(27)26(4)24(31-21)25-18-9-7-16(8-10-18)23(28)30-6/h7-14H,1-6H3/b21-13-,25-24?. The van der Waals surface area contributed by atoms with E-state index in [2.05, 4.69) is 24.9 Å². The zero-order valence-corrected chi connectivity index (χ0v) is 19.4. The fourth-order valence-electron chi connectivity index (χ4n) is 3.19. The smallest absolute Gasteiger partial charge is 0.337 e. The van der Waals surface area contributed by atoms with Crippen LogP contribution in [0.25, 0.3) is 6.08 Å². The molecule has 6 nitrogen and oxygen atoms in total.